The fourth-order valence-electron chi connectivity index (χ4n) is 3.19. The van der Waals surface area contributed by atoms with Crippen LogP contribution in [0.1, 0.15) is 58.1 Å². The van der Waals surface area contributed by atoms with Gasteiger partial charge >= 0.3 is 0 Å². The van der Waals surface area contributed by atoms with Crippen molar-refractivity contribution < 1.29 is 4.74 Å². The first-order valence-electron chi connectivity index (χ1n) is 9.96. The van der Waals surface area contributed by atoms with Crippen molar-refractivity contribution in [2.24, 2.45) is 11.8 Å². The van der Waals surface area contributed by atoms with Crippen LogP contribution in [0.3, 0.4) is 0 Å². The molecule has 0 aliphatic heterocycles. The maximum Gasteiger partial charge on any atom is 0.119 e. The van der Waals surface area contributed by atoms with E-state index in [1.165, 1.54) is 41.5 Å². The second-order valence-electron chi connectivity index (χ2n) is 7.86. The summed E-state index contributed by atoms with van der Waals surface area (Å²) in [4.78, 5) is 0. The van der Waals surface area contributed by atoms with E-state index < -0.39 is 0 Å². The molecule has 140 valence electrons. The van der Waals surface area contributed by atoms with Gasteiger partial charge in [0.2, 0.25) is 0 Å². The van der Waals surface area contributed by atoms with Gasteiger partial charge in [0, 0.05) is 0 Å². The summed E-state index contributed by atoms with van der Waals surface area (Å²) in [5, 5.41) is 0. The highest BCUT2D eigenvalue weighted by Gasteiger charge is 2.07. The fraction of sp³-hybridized carbons (Fsp3) is 0.440. The van der Waals surface area contributed by atoms with Crippen LogP contribution >= 0.6 is 0 Å². The standard InChI is InChI=1S/C25H34O/c1-6-9-22-15-14-20(4)16-25(22)23-12-8-13-24(17-23)26-18-21(5)11-7-10-19(2)3/h6,8-9,12-17,19,21H,7,10-11,18H2,1-5H3/b9-6+. The normalized spacial score (nSPS) is 12.7. The molecule has 1 nitrogen and oxygen atoms in total. The zero-order chi connectivity index (χ0) is 18.9. The van der Waals surface area contributed by atoms with Gasteiger partial charge in [0.25, 0.3) is 0 Å². The van der Waals surface area contributed by atoms with E-state index in [1.807, 2.05) is 0 Å². The highest BCUT2D eigenvalue weighted by atomic mass is 16.5. The number of ether oxygens (including phenoxy) is 1. The summed E-state index contributed by atoms with van der Waals surface area (Å²) in [6.45, 7) is 11.9. The van der Waals surface area contributed by atoms with E-state index in [-0.39, 0.29) is 0 Å². The monoisotopic (exact) mass is 350 g/mol. The molecule has 0 fully saturated rings. The maximum atomic E-state index is 6.10. The van der Waals surface area contributed by atoms with Gasteiger partial charge in [0.15, 0.2) is 0 Å². The van der Waals surface area contributed by atoms with Gasteiger partial charge in [0.1, 0.15) is 5.75 Å². The summed E-state index contributed by atoms with van der Waals surface area (Å²) in [6.07, 6.45) is 8.09. The highest BCUT2D eigenvalue weighted by Crippen LogP contribution is 2.29. The molecule has 1 unspecified atom stereocenters. The zero-order valence-electron chi connectivity index (χ0n) is 17.1. The average molecular weight is 351 g/mol. The van der Waals surface area contributed by atoms with E-state index in [4.69, 9.17) is 4.74 Å². The molecule has 0 aromatic heterocycles. The lowest BCUT2D eigenvalue weighted by Gasteiger charge is -2.15. The van der Waals surface area contributed by atoms with Gasteiger partial charge in [-0.1, -0.05) is 81.7 Å². The molecular weight excluding hydrogens is 316 g/mol. The van der Waals surface area contributed by atoms with Crippen LogP contribution in [-0.2, 0) is 0 Å². The topological polar surface area (TPSA) is 9.23 Å². The number of rotatable bonds is 9. The Hall–Kier alpha value is -2.02. The molecule has 0 aliphatic carbocycles. The highest BCUT2D eigenvalue weighted by molar-refractivity contribution is 5.76. The third-order valence-electron chi connectivity index (χ3n) is 4.71. The van der Waals surface area contributed by atoms with Crippen molar-refractivity contribution >= 4 is 6.08 Å². The third-order valence-corrected chi connectivity index (χ3v) is 4.71. The average Bonchev–Trinajstić information content (AvgIpc) is 2.61. The second-order valence-corrected chi connectivity index (χ2v) is 7.86. The SMILES string of the molecule is C/C=C/c1ccc(C)cc1-c1cccc(OCC(C)CCCC(C)C)c1. The molecule has 0 saturated carbocycles. The Morgan fingerprint density at radius 3 is 2.54 bits per heavy atom. The first kappa shape index (κ1) is 20.3. The Morgan fingerprint density at radius 2 is 1.81 bits per heavy atom. The molecule has 2 aromatic rings. The third kappa shape index (κ3) is 6.37. The van der Waals surface area contributed by atoms with Gasteiger partial charge in [-0.25, -0.2) is 0 Å². The quantitative estimate of drug-likeness (QED) is 0.454. The van der Waals surface area contributed by atoms with Crippen molar-refractivity contribution in [1.82, 2.24) is 0 Å². The Bertz CT molecular complexity index is 712. The summed E-state index contributed by atoms with van der Waals surface area (Å²) in [7, 11) is 0. The van der Waals surface area contributed by atoms with Crippen molar-refractivity contribution in [2.45, 2.75) is 53.9 Å². The molecule has 0 N–H and O–H groups in total. The van der Waals surface area contributed by atoms with E-state index in [2.05, 4.69) is 89.2 Å². The van der Waals surface area contributed by atoms with Gasteiger partial charge in [-0.05, 0) is 60.9 Å². The van der Waals surface area contributed by atoms with E-state index >= 15 is 0 Å². The van der Waals surface area contributed by atoms with E-state index in [0.29, 0.717) is 5.92 Å². The minimum atomic E-state index is 0.593. The number of benzene rings is 2. The van der Waals surface area contributed by atoms with Gasteiger partial charge in [0.05, 0.1) is 6.61 Å². The van der Waals surface area contributed by atoms with Crippen molar-refractivity contribution in [3.8, 4) is 16.9 Å². The first-order valence-corrected chi connectivity index (χ1v) is 9.96. The van der Waals surface area contributed by atoms with Crippen LogP contribution in [0.2, 0.25) is 0 Å². The van der Waals surface area contributed by atoms with Crippen LogP contribution < -0.4 is 4.74 Å². The van der Waals surface area contributed by atoms with Crippen LogP contribution in [-0.4, -0.2) is 6.61 Å². The van der Waals surface area contributed by atoms with Crippen LogP contribution in [0, 0.1) is 18.8 Å². The van der Waals surface area contributed by atoms with Gasteiger partial charge in [-0.2, -0.15) is 0 Å². The Morgan fingerprint density at radius 1 is 1.00 bits per heavy atom. The largest absolute Gasteiger partial charge is 0.493 e. The minimum Gasteiger partial charge on any atom is -0.493 e. The molecule has 1 heteroatoms. The predicted molar refractivity (Wildman–Crippen MR) is 115 cm³/mol. The van der Waals surface area contributed by atoms with Crippen molar-refractivity contribution in [2.75, 3.05) is 6.61 Å². The van der Waals surface area contributed by atoms with Gasteiger partial charge in [-0.3, -0.25) is 0 Å². The zero-order valence-corrected chi connectivity index (χ0v) is 17.1. The number of hydrogen-bond donors (Lipinski definition) is 0. The van der Waals surface area contributed by atoms with Crippen LogP contribution in [0.15, 0.2) is 48.5 Å². The lowest BCUT2D eigenvalue weighted by molar-refractivity contribution is 0.247. The smallest absolute Gasteiger partial charge is 0.119 e. The lowest BCUT2D eigenvalue weighted by Crippen LogP contribution is -2.09. The molecule has 2 aromatic carbocycles. The number of hydrogen-bond acceptors (Lipinski definition) is 1. The van der Waals surface area contributed by atoms with E-state index in [0.717, 1.165) is 18.3 Å². The van der Waals surface area contributed by atoms with E-state index in [1.54, 1.807) is 0 Å². The van der Waals surface area contributed by atoms with Crippen molar-refractivity contribution in [3.63, 3.8) is 0 Å². The maximum absolute atomic E-state index is 6.10. The summed E-state index contributed by atoms with van der Waals surface area (Å²) in [5.41, 5.74) is 5.00. The molecule has 0 bridgehead atoms. The van der Waals surface area contributed by atoms with Gasteiger partial charge < -0.3 is 4.74 Å². The van der Waals surface area contributed by atoms with Crippen LogP contribution in [0.4, 0.5) is 0 Å². The molecule has 0 amide bonds. The van der Waals surface area contributed by atoms with Gasteiger partial charge in [-0.15, -0.1) is 0 Å². The van der Waals surface area contributed by atoms with E-state index in [9.17, 15) is 0 Å². The molecule has 0 saturated heterocycles. The molecule has 1 atom stereocenters. The molecule has 26 heavy (non-hydrogen) atoms. The van der Waals surface area contributed by atoms with Crippen LogP contribution in [0.25, 0.3) is 17.2 Å². The summed E-state index contributed by atoms with van der Waals surface area (Å²) >= 11 is 0. The molecule has 0 heterocycles. The minimum absolute atomic E-state index is 0.593. The Balaban J connectivity index is 2.05. The lowest BCUT2D eigenvalue weighted by atomic mass is 9.97. The molecular formula is C25H34O. The number of allylic oxidation sites excluding steroid dienone is 1. The number of aryl methyl sites for hydroxylation is 1. The summed E-state index contributed by atoms with van der Waals surface area (Å²) in [6, 6.07) is 15.1. The summed E-state index contributed by atoms with van der Waals surface area (Å²) in [5.74, 6) is 2.35. The molecule has 0 radical (unpaired) electrons. The molecule has 0 spiro atoms. The molecule has 2 rings (SSSR count). The summed E-state index contributed by atoms with van der Waals surface area (Å²) < 4.78 is 6.10. The fourth-order valence-corrected chi connectivity index (χ4v) is 3.19. The van der Waals surface area contributed by atoms with Crippen molar-refractivity contribution in [1.29, 1.82) is 0 Å². The van der Waals surface area contributed by atoms with Crippen LogP contribution in [0.5, 0.6) is 5.75 Å². The second kappa shape index (κ2) is 10.2. The molecule has 0 aliphatic rings. The Kier molecular flexibility index (Phi) is 7.97. The Labute approximate surface area is 160 Å². The van der Waals surface area contributed by atoms with Crippen molar-refractivity contribution in [3.05, 3.63) is 59.7 Å². The first-order chi connectivity index (χ1) is 12.5. The predicted octanol–water partition coefficient (Wildman–Crippen LogP) is 7.54.